The van der Waals surface area contributed by atoms with Gasteiger partial charge in [-0.3, -0.25) is 9.59 Å². The zero-order valence-electron chi connectivity index (χ0n) is 15.7. The maximum absolute atomic E-state index is 12.5. The lowest BCUT2D eigenvalue weighted by atomic mass is 9.54. The van der Waals surface area contributed by atoms with Crippen molar-refractivity contribution in [1.29, 1.82) is 0 Å². The lowest BCUT2D eigenvalue weighted by Crippen LogP contribution is -2.56. The van der Waals surface area contributed by atoms with Gasteiger partial charge in [0, 0.05) is 23.7 Å². The first-order valence-corrected chi connectivity index (χ1v) is 10.5. The smallest absolute Gasteiger partial charge is 0.258 e. The van der Waals surface area contributed by atoms with Gasteiger partial charge in [0.05, 0.1) is 0 Å². The van der Waals surface area contributed by atoms with E-state index in [1.54, 1.807) is 6.07 Å². The number of carbonyl (C=O) groups is 2. The molecule has 4 bridgehead atoms. The molecule has 5 aliphatic rings. The summed E-state index contributed by atoms with van der Waals surface area (Å²) in [5, 5.41) is 6.18. The third kappa shape index (κ3) is 3.69. The highest BCUT2D eigenvalue weighted by Crippen LogP contribution is 2.53. The van der Waals surface area contributed by atoms with Gasteiger partial charge in [0.2, 0.25) is 5.91 Å². The van der Waals surface area contributed by atoms with Gasteiger partial charge in [-0.05, 0) is 80.8 Å². The van der Waals surface area contributed by atoms with Crippen LogP contribution in [0.4, 0.5) is 5.69 Å². The van der Waals surface area contributed by atoms with Crippen LogP contribution in [0.1, 0.15) is 44.9 Å². The molecule has 0 saturated heterocycles. The van der Waals surface area contributed by atoms with E-state index in [-0.39, 0.29) is 24.3 Å². The quantitative estimate of drug-likeness (QED) is 0.809. The normalized spacial score (nSPS) is 33.6. The van der Waals surface area contributed by atoms with Crippen molar-refractivity contribution in [3.63, 3.8) is 0 Å². The van der Waals surface area contributed by atoms with Crippen LogP contribution in [0.2, 0.25) is 0 Å². The summed E-state index contributed by atoms with van der Waals surface area (Å²) >= 11 is 0. The molecule has 1 aromatic rings. The van der Waals surface area contributed by atoms with E-state index < -0.39 is 0 Å². The fraction of sp³-hybridized carbons (Fsp3) is 0.636. The molecule has 27 heavy (non-hydrogen) atoms. The Labute approximate surface area is 160 Å². The first kappa shape index (κ1) is 17.1. The van der Waals surface area contributed by atoms with Crippen molar-refractivity contribution in [3.05, 3.63) is 24.3 Å². The van der Waals surface area contributed by atoms with Crippen molar-refractivity contribution in [2.24, 2.45) is 29.6 Å². The van der Waals surface area contributed by atoms with E-state index in [1.165, 1.54) is 32.1 Å². The molecule has 1 aromatic carbocycles. The van der Waals surface area contributed by atoms with Gasteiger partial charge in [0.1, 0.15) is 5.75 Å². The van der Waals surface area contributed by atoms with Crippen molar-refractivity contribution in [3.8, 4) is 5.75 Å². The van der Waals surface area contributed by atoms with Crippen LogP contribution in [0.3, 0.4) is 0 Å². The second-order valence-electron chi connectivity index (χ2n) is 9.10. The molecule has 0 unspecified atom stereocenters. The molecular weight excluding hydrogens is 340 g/mol. The van der Waals surface area contributed by atoms with Crippen LogP contribution in [-0.4, -0.2) is 24.5 Å². The highest BCUT2D eigenvalue weighted by molar-refractivity contribution is 5.94. The molecule has 5 nitrogen and oxygen atoms in total. The first-order valence-electron chi connectivity index (χ1n) is 10.5. The fourth-order valence-electron chi connectivity index (χ4n) is 5.79. The molecule has 0 heterocycles. The summed E-state index contributed by atoms with van der Waals surface area (Å²) in [7, 11) is 0. The van der Waals surface area contributed by atoms with Gasteiger partial charge in [-0.2, -0.15) is 0 Å². The third-order valence-electron chi connectivity index (χ3n) is 6.97. The number of nitrogens with one attached hydrogen (secondary N) is 2. The van der Waals surface area contributed by atoms with Gasteiger partial charge in [0.15, 0.2) is 6.61 Å². The number of benzene rings is 1. The summed E-state index contributed by atoms with van der Waals surface area (Å²) in [5.74, 6) is 3.99. The maximum atomic E-state index is 12.5. The molecule has 144 valence electrons. The lowest BCUT2D eigenvalue weighted by molar-refractivity contribution is -0.127. The highest BCUT2D eigenvalue weighted by atomic mass is 16.5. The number of hydrogen-bond donors (Lipinski definition) is 2. The van der Waals surface area contributed by atoms with Crippen LogP contribution in [0, 0.1) is 29.6 Å². The van der Waals surface area contributed by atoms with Gasteiger partial charge < -0.3 is 15.4 Å². The average Bonchev–Trinajstić information content (AvgIpc) is 3.48. The molecule has 5 fully saturated rings. The minimum Gasteiger partial charge on any atom is -0.484 e. The van der Waals surface area contributed by atoms with E-state index in [0.29, 0.717) is 23.6 Å². The van der Waals surface area contributed by atoms with E-state index in [4.69, 9.17) is 4.74 Å². The van der Waals surface area contributed by atoms with Crippen LogP contribution in [0.25, 0.3) is 0 Å². The van der Waals surface area contributed by atoms with Crippen LogP contribution in [-0.2, 0) is 9.59 Å². The fourth-order valence-corrected chi connectivity index (χ4v) is 5.79. The summed E-state index contributed by atoms with van der Waals surface area (Å²) in [4.78, 5) is 24.3. The van der Waals surface area contributed by atoms with E-state index >= 15 is 0 Å². The SMILES string of the molecule is O=C(COc1cccc(NC(=O)C2CC2)c1)NC1C2CC3CC(C2)CC1C3. The number of carbonyl (C=O) groups excluding carboxylic acids is 2. The van der Waals surface area contributed by atoms with Gasteiger partial charge in [-0.25, -0.2) is 0 Å². The van der Waals surface area contributed by atoms with E-state index in [1.807, 2.05) is 18.2 Å². The Morgan fingerprint density at radius 2 is 1.70 bits per heavy atom. The number of amides is 2. The summed E-state index contributed by atoms with van der Waals surface area (Å²) in [6, 6.07) is 7.65. The lowest BCUT2D eigenvalue weighted by Gasteiger charge is -2.54. The average molecular weight is 368 g/mol. The van der Waals surface area contributed by atoms with E-state index in [2.05, 4.69) is 10.6 Å². The molecule has 0 aliphatic heterocycles. The highest BCUT2D eigenvalue weighted by Gasteiger charge is 2.48. The Bertz CT molecular complexity index is 715. The van der Waals surface area contributed by atoms with Crippen LogP contribution in [0.5, 0.6) is 5.75 Å². The Balaban J connectivity index is 1.14. The van der Waals surface area contributed by atoms with E-state index in [9.17, 15) is 9.59 Å². The minimum absolute atomic E-state index is 0.0279. The number of ether oxygens (including phenoxy) is 1. The third-order valence-corrected chi connectivity index (χ3v) is 6.97. The van der Waals surface area contributed by atoms with Crippen molar-refractivity contribution in [2.45, 2.75) is 51.0 Å². The Hall–Kier alpha value is -2.04. The van der Waals surface area contributed by atoms with Crippen molar-refractivity contribution >= 4 is 17.5 Å². The minimum atomic E-state index is -0.0279. The van der Waals surface area contributed by atoms with Crippen molar-refractivity contribution < 1.29 is 14.3 Å². The summed E-state index contributed by atoms with van der Waals surface area (Å²) in [5.41, 5.74) is 0.728. The molecule has 5 aliphatic carbocycles. The summed E-state index contributed by atoms with van der Waals surface area (Å²) < 4.78 is 5.70. The Kier molecular flexibility index (Phi) is 4.33. The van der Waals surface area contributed by atoms with Crippen LogP contribution >= 0.6 is 0 Å². The molecule has 0 aromatic heterocycles. The predicted molar refractivity (Wildman–Crippen MR) is 102 cm³/mol. The molecule has 5 saturated carbocycles. The van der Waals surface area contributed by atoms with Crippen molar-refractivity contribution in [2.75, 3.05) is 11.9 Å². The second-order valence-corrected chi connectivity index (χ2v) is 9.10. The zero-order valence-corrected chi connectivity index (χ0v) is 15.7. The first-order chi connectivity index (χ1) is 13.1. The molecule has 6 rings (SSSR count). The number of anilines is 1. The molecule has 2 N–H and O–H groups in total. The number of hydrogen-bond acceptors (Lipinski definition) is 3. The molecule has 0 atom stereocenters. The Morgan fingerprint density at radius 1 is 1.00 bits per heavy atom. The van der Waals surface area contributed by atoms with Gasteiger partial charge in [0.25, 0.3) is 5.91 Å². The molecule has 2 amide bonds. The standard InChI is InChI=1S/C22H28N2O3/c25-20(24-21-16-7-13-6-14(9-16)10-17(21)8-13)12-27-19-3-1-2-18(11-19)23-22(26)15-4-5-15/h1-3,11,13-17,21H,4-10,12H2,(H,23,26)(H,24,25). The van der Waals surface area contributed by atoms with Gasteiger partial charge in [-0.15, -0.1) is 0 Å². The van der Waals surface area contributed by atoms with Gasteiger partial charge in [-0.1, -0.05) is 6.07 Å². The van der Waals surface area contributed by atoms with Crippen LogP contribution in [0.15, 0.2) is 24.3 Å². The largest absolute Gasteiger partial charge is 0.484 e. The molecule has 0 radical (unpaired) electrons. The summed E-state index contributed by atoms with van der Waals surface area (Å²) in [6.07, 6.45) is 8.55. The van der Waals surface area contributed by atoms with Crippen LogP contribution < -0.4 is 15.4 Å². The Morgan fingerprint density at radius 3 is 2.37 bits per heavy atom. The van der Waals surface area contributed by atoms with E-state index in [0.717, 1.165) is 30.4 Å². The molecule has 0 spiro atoms. The molecule has 5 heteroatoms. The number of rotatable bonds is 6. The second kappa shape index (κ2) is 6.84. The monoisotopic (exact) mass is 368 g/mol. The molecular formula is C22H28N2O3. The maximum Gasteiger partial charge on any atom is 0.258 e. The van der Waals surface area contributed by atoms with Gasteiger partial charge >= 0.3 is 0 Å². The predicted octanol–water partition coefficient (Wildman–Crippen LogP) is 3.35. The zero-order chi connectivity index (χ0) is 18.4. The topological polar surface area (TPSA) is 67.4 Å². The van der Waals surface area contributed by atoms with Crippen molar-refractivity contribution in [1.82, 2.24) is 5.32 Å². The summed E-state index contributed by atoms with van der Waals surface area (Å²) in [6.45, 7) is 0.0306.